The predicted molar refractivity (Wildman–Crippen MR) is 87.7 cm³/mol. The maximum Gasteiger partial charge on any atom is 0.320 e. The molecule has 0 fully saturated rings. The summed E-state index contributed by atoms with van der Waals surface area (Å²) in [4.78, 5) is 15.8. The molecule has 0 bridgehead atoms. The van der Waals surface area contributed by atoms with Crippen molar-refractivity contribution < 1.29 is 9.90 Å². The van der Waals surface area contributed by atoms with Crippen molar-refractivity contribution in [3.8, 4) is 0 Å². The van der Waals surface area contributed by atoms with E-state index in [-0.39, 0.29) is 5.41 Å². The Morgan fingerprint density at radius 1 is 1.41 bits per heavy atom. The lowest BCUT2D eigenvalue weighted by molar-refractivity contribution is -0.139. The topological polar surface area (TPSA) is 67.2 Å². The van der Waals surface area contributed by atoms with Crippen LogP contribution in [0.25, 0.3) is 11.0 Å². The second-order valence-corrected chi connectivity index (χ2v) is 7.01. The van der Waals surface area contributed by atoms with E-state index in [1.54, 1.807) is 6.33 Å². The summed E-state index contributed by atoms with van der Waals surface area (Å²) in [7, 11) is 1.95. The lowest BCUT2D eigenvalue weighted by Gasteiger charge is -2.21. The molecule has 2 N–H and O–H groups in total. The number of nitrogens with one attached hydrogen (secondary N) is 1. The quantitative estimate of drug-likeness (QED) is 0.861. The van der Waals surface area contributed by atoms with E-state index >= 15 is 0 Å². The molecule has 0 amide bonds. The highest BCUT2D eigenvalue weighted by molar-refractivity contribution is 5.79. The maximum absolute atomic E-state index is 11.4. The number of para-hydroxylation sites is 1. The third kappa shape index (κ3) is 4.07. The Hall–Kier alpha value is -1.88. The lowest BCUT2D eigenvalue weighted by atomic mass is 9.88. The van der Waals surface area contributed by atoms with Crippen LogP contribution in [0.2, 0.25) is 0 Å². The van der Waals surface area contributed by atoms with Gasteiger partial charge in [0, 0.05) is 13.6 Å². The van der Waals surface area contributed by atoms with Crippen LogP contribution in [-0.4, -0.2) is 26.7 Å². The standard InChI is InChI=1S/C17H25N3O2/c1-17(2,3)9-8-13(16(21)22)18-10-12-6-5-7-14-15(12)19-11-20(14)4/h5-7,11,13,18H,8-10H2,1-4H3,(H,21,22)/t13-/m0/s1. The van der Waals surface area contributed by atoms with Crippen LogP contribution in [0.3, 0.4) is 0 Å². The third-order valence-electron chi connectivity index (χ3n) is 3.86. The smallest absolute Gasteiger partial charge is 0.320 e. The van der Waals surface area contributed by atoms with Crippen LogP contribution in [0.15, 0.2) is 24.5 Å². The van der Waals surface area contributed by atoms with Crippen molar-refractivity contribution in [2.75, 3.05) is 0 Å². The summed E-state index contributed by atoms with van der Waals surface area (Å²) >= 11 is 0. The number of hydrogen-bond donors (Lipinski definition) is 2. The lowest BCUT2D eigenvalue weighted by Crippen LogP contribution is -2.37. The monoisotopic (exact) mass is 303 g/mol. The number of fused-ring (bicyclic) bond motifs is 1. The molecule has 0 spiro atoms. The van der Waals surface area contributed by atoms with E-state index in [0.717, 1.165) is 23.0 Å². The number of imidazole rings is 1. The zero-order chi connectivity index (χ0) is 16.3. The van der Waals surface area contributed by atoms with Crippen LogP contribution >= 0.6 is 0 Å². The van der Waals surface area contributed by atoms with Gasteiger partial charge in [-0.2, -0.15) is 0 Å². The van der Waals surface area contributed by atoms with Crippen LogP contribution in [-0.2, 0) is 18.4 Å². The van der Waals surface area contributed by atoms with E-state index in [2.05, 4.69) is 31.1 Å². The maximum atomic E-state index is 11.4. The van der Waals surface area contributed by atoms with Crippen molar-refractivity contribution in [2.45, 2.75) is 46.2 Å². The number of hydrogen-bond acceptors (Lipinski definition) is 3. The summed E-state index contributed by atoms with van der Waals surface area (Å²) in [6.07, 6.45) is 3.27. The van der Waals surface area contributed by atoms with Crippen LogP contribution in [0, 0.1) is 5.41 Å². The predicted octanol–water partition coefficient (Wildman–Crippen LogP) is 2.94. The van der Waals surface area contributed by atoms with Crippen molar-refractivity contribution in [3.63, 3.8) is 0 Å². The van der Waals surface area contributed by atoms with E-state index in [4.69, 9.17) is 0 Å². The average Bonchev–Trinajstić information content (AvgIpc) is 2.80. The molecule has 5 nitrogen and oxygen atoms in total. The van der Waals surface area contributed by atoms with E-state index < -0.39 is 12.0 Å². The normalized spacial score (nSPS) is 13.5. The number of carboxylic acid groups (broad SMARTS) is 1. The Morgan fingerprint density at radius 2 is 2.14 bits per heavy atom. The van der Waals surface area contributed by atoms with Gasteiger partial charge in [0.25, 0.3) is 0 Å². The SMILES string of the molecule is Cn1cnc2c(CN[C@@H](CCC(C)(C)C)C(=O)O)cccc21. The van der Waals surface area contributed by atoms with Crippen molar-refractivity contribution in [1.29, 1.82) is 0 Å². The Labute approximate surface area is 131 Å². The van der Waals surface area contributed by atoms with Gasteiger partial charge >= 0.3 is 5.97 Å². The number of aromatic nitrogens is 2. The van der Waals surface area contributed by atoms with Crippen LogP contribution in [0.5, 0.6) is 0 Å². The number of rotatable bonds is 6. The van der Waals surface area contributed by atoms with Crippen LogP contribution < -0.4 is 5.32 Å². The molecular formula is C17H25N3O2. The van der Waals surface area contributed by atoms with Crippen molar-refractivity contribution >= 4 is 17.0 Å². The number of carbonyl (C=O) groups is 1. The van der Waals surface area contributed by atoms with Gasteiger partial charge in [-0.3, -0.25) is 4.79 Å². The van der Waals surface area contributed by atoms with Gasteiger partial charge in [0.05, 0.1) is 17.4 Å². The molecule has 1 heterocycles. The number of aryl methyl sites for hydroxylation is 1. The highest BCUT2D eigenvalue weighted by Crippen LogP contribution is 2.22. The third-order valence-corrected chi connectivity index (χ3v) is 3.86. The molecule has 22 heavy (non-hydrogen) atoms. The number of carboxylic acids is 1. The minimum absolute atomic E-state index is 0.135. The Bertz CT molecular complexity index is 655. The molecule has 0 saturated heterocycles. The summed E-state index contributed by atoms with van der Waals surface area (Å²) in [5, 5.41) is 12.5. The second kappa shape index (κ2) is 6.48. The molecule has 0 aliphatic heterocycles. The zero-order valence-electron chi connectivity index (χ0n) is 13.8. The first-order chi connectivity index (χ1) is 10.3. The Balaban J connectivity index is 2.06. The fourth-order valence-corrected chi connectivity index (χ4v) is 2.48. The van der Waals surface area contributed by atoms with E-state index in [1.165, 1.54) is 0 Å². The molecule has 0 saturated carbocycles. The highest BCUT2D eigenvalue weighted by Gasteiger charge is 2.20. The summed E-state index contributed by atoms with van der Waals surface area (Å²) < 4.78 is 1.97. The van der Waals surface area contributed by atoms with Crippen LogP contribution in [0.4, 0.5) is 0 Å². The summed E-state index contributed by atoms with van der Waals surface area (Å²) in [6, 6.07) is 5.45. The van der Waals surface area contributed by atoms with Gasteiger partial charge in [0.1, 0.15) is 6.04 Å². The Morgan fingerprint density at radius 3 is 2.77 bits per heavy atom. The minimum Gasteiger partial charge on any atom is -0.480 e. The molecule has 1 atom stereocenters. The fraction of sp³-hybridized carbons (Fsp3) is 0.529. The minimum atomic E-state index is -0.794. The van der Waals surface area contributed by atoms with E-state index in [9.17, 15) is 9.90 Å². The molecule has 0 aliphatic carbocycles. The first kappa shape index (κ1) is 16.5. The van der Waals surface area contributed by atoms with Gasteiger partial charge < -0.3 is 15.0 Å². The summed E-state index contributed by atoms with van der Waals surface area (Å²) in [6.45, 7) is 6.89. The number of aliphatic carboxylic acids is 1. The number of benzene rings is 1. The van der Waals surface area contributed by atoms with Gasteiger partial charge in [-0.1, -0.05) is 32.9 Å². The van der Waals surface area contributed by atoms with Crippen molar-refractivity contribution in [2.24, 2.45) is 12.5 Å². The van der Waals surface area contributed by atoms with Gasteiger partial charge in [-0.25, -0.2) is 4.98 Å². The van der Waals surface area contributed by atoms with E-state index in [1.807, 2.05) is 29.8 Å². The zero-order valence-corrected chi connectivity index (χ0v) is 13.8. The molecule has 2 aromatic rings. The summed E-state index contributed by atoms with van der Waals surface area (Å²) in [5.41, 5.74) is 3.15. The fourth-order valence-electron chi connectivity index (χ4n) is 2.48. The second-order valence-electron chi connectivity index (χ2n) is 7.01. The molecule has 0 aliphatic rings. The number of nitrogens with zero attached hydrogens (tertiary/aromatic N) is 2. The highest BCUT2D eigenvalue weighted by atomic mass is 16.4. The molecule has 1 aromatic carbocycles. The van der Waals surface area contributed by atoms with Gasteiger partial charge in [-0.05, 0) is 29.9 Å². The van der Waals surface area contributed by atoms with Crippen molar-refractivity contribution in [3.05, 3.63) is 30.1 Å². The Kier molecular flexibility index (Phi) is 4.86. The molecule has 120 valence electrons. The molecule has 2 rings (SSSR count). The summed E-state index contributed by atoms with van der Waals surface area (Å²) in [5.74, 6) is -0.794. The van der Waals surface area contributed by atoms with Gasteiger partial charge in [0.2, 0.25) is 0 Å². The molecule has 1 aromatic heterocycles. The largest absolute Gasteiger partial charge is 0.480 e. The molecule has 0 radical (unpaired) electrons. The molecule has 5 heteroatoms. The van der Waals surface area contributed by atoms with Gasteiger partial charge in [0.15, 0.2) is 0 Å². The van der Waals surface area contributed by atoms with Crippen molar-refractivity contribution in [1.82, 2.24) is 14.9 Å². The van der Waals surface area contributed by atoms with E-state index in [0.29, 0.717) is 13.0 Å². The molecule has 0 unspecified atom stereocenters. The average molecular weight is 303 g/mol. The molecular weight excluding hydrogens is 278 g/mol. The first-order valence-corrected chi connectivity index (χ1v) is 7.63. The first-order valence-electron chi connectivity index (χ1n) is 7.63. The van der Waals surface area contributed by atoms with Gasteiger partial charge in [-0.15, -0.1) is 0 Å². The van der Waals surface area contributed by atoms with Crippen LogP contribution in [0.1, 0.15) is 39.2 Å².